The van der Waals surface area contributed by atoms with Gasteiger partial charge in [-0.3, -0.25) is 0 Å². The number of benzene rings is 1. The van der Waals surface area contributed by atoms with Crippen LogP contribution in [0.15, 0.2) is 47.5 Å². The number of para-hydroxylation sites is 1. The van der Waals surface area contributed by atoms with Crippen molar-refractivity contribution in [2.75, 3.05) is 12.0 Å². The first-order valence-electron chi connectivity index (χ1n) is 5.66. The number of hydrogen-bond acceptors (Lipinski definition) is 3. The summed E-state index contributed by atoms with van der Waals surface area (Å²) in [5.41, 5.74) is 8.97. The van der Waals surface area contributed by atoms with E-state index in [0.29, 0.717) is 5.82 Å². The van der Waals surface area contributed by atoms with Crippen molar-refractivity contribution >= 4 is 28.5 Å². The summed E-state index contributed by atoms with van der Waals surface area (Å²) in [6.07, 6.45) is 4.02. The van der Waals surface area contributed by atoms with Gasteiger partial charge in [-0.2, -0.15) is 0 Å². The first kappa shape index (κ1) is 11.2. The van der Waals surface area contributed by atoms with Crippen molar-refractivity contribution in [1.82, 2.24) is 9.97 Å². The molecular weight excluding hydrogens is 242 g/mol. The van der Waals surface area contributed by atoms with E-state index in [-0.39, 0.29) is 0 Å². The lowest BCUT2D eigenvalue weighted by Gasteiger charge is -2.04. The third kappa shape index (κ3) is 1.84. The summed E-state index contributed by atoms with van der Waals surface area (Å²) >= 11 is 1.67. The molecule has 0 saturated heterocycles. The van der Waals surface area contributed by atoms with Crippen LogP contribution in [0.1, 0.15) is 0 Å². The first-order chi connectivity index (χ1) is 8.78. The van der Waals surface area contributed by atoms with Crippen LogP contribution in [0, 0.1) is 0 Å². The number of anilines is 1. The lowest BCUT2D eigenvalue weighted by atomic mass is 10.1. The molecule has 0 aliphatic heterocycles. The third-order valence-electron chi connectivity index (χ3n) is 2.92. The van der Waals surface area contributed by atoms with Gasteiger partial charge in [0.2, 0.25) is 0 Å². The normalized spacial score (nSPS) is 10.9. The zero-order valence-electron chi connectivity index (χ0n) is 9.97. The number of aromatic amines is 1. The highest BCUT2D eigenvalue weighted by atomic mass is 32.2. The summed E-state index contributed by atoms with van der Waals surface area (Å²) in [5.74, 6) is 0.558. The highest BCUT2D eigenvalue weighted by Gasteiger charge is 2.08. The molecule has 0 spiro atoms. The topological polar surface area (TPSA) is 54.7 Å². The van der Waals surface area contributed by atoms with E-state index in [1.54, 1.807) is 11.8 Å². The maximum absolute atomic E-state index is 5.85. The minimum Gasteiger partial charge on any atom is -0.384 e. The minimum absolute atomic E-state index is 0.558. The summed E-state index contributed by atoms with van der Waals surface area (Å²) in [7, 11) is 0. The standard InChI is InChI=1S/C14H13N3S/c1-18-9-6-13(17-14(15)7-9)11-8-16-12-5-3-2-4-10(11)12/h2-8,16H,1H3,(H2,15,17). The Morgan fingerprint density at radius 3 is 2.89 bits per heavy atom. The summed E-state index contributed by atoms with van der Waals surface area (Å²) in [4.78, 5) is 8.80. The molecule has 0 saturated carbocycles. The van der Waals surface area contributed by atoms with Gasteiger partial charge in [0.25, 0.3) is 0 Å². The fraction of sp³-hybridized carbons (Fsp3) is 0.0714. The lowest BCUT2D eigenvalue weighted by molar-refractivity contribution is 1.28. The second kappa shape index (κ2) is 4.38. The van der Waals surface area contributed by atoms with Crippen LogP contribution in [0.4, 0.5) is 5.82 Å². The monoisotopic (exact) mass is 255 g/mol. The van der Waals surface area contributed by atoms with Crippen molar-refractivity contribution in [3.8, 4) is 11.3 Å². The Balaban J connectivity index is 2.22. The molecule has 0 radical (unpaired) electrons. The largest absolute Gasteiger partial charge is 0.384 e. The van der Waals surface area contributed by atoms with Crippen LogP contribution in [0.2, 0.25) is 0 Å². The van der Waals surface area contributed by atoms with Crippen molar-refractivity contribution in [2.24, 2.45) is 0 Å². The van der Waals surface area contributed by atoms with E-state index in [0.717, 1.165) is 21.7 Å². The van der Waals surface area contributed by atoms with Crippen LogP contribution in [-0.4, -0.2) is 16.2 Å². The number of hydrogen-bond donors (Lipinski definition) is 2. The average Bonchev–Trinajstić information content (AvgIpc) is 2.81. The van der Waals surface area contributed by atoms with E-state index in [2.05, 4.69) is 28.2 Å². The molecule has 90 valence electrons. The van der Waals surface area contributed by atoms with E-state index in [1.807, 2.05) is 30.7 Å². The van der Waals surface area contributed by atoms with Gasteiger partial charge in [0, 0.05) is 27.6 Å². The molecule has 0 fully saturated rings. The number of thioether (sulfide) groups is 1. The fourth-order valence-corrected chi connectivity index (χ4v) is 2.53. The molecular formula is C14H13N3S. The number of rotatable bonds is 2. The number of nitrogens with two attached hydrogens (primary N) is 1. The molecule has 3 nitrogen and oxygen atoms in total. The Kier molecular flexibility index (Phi) is 2.72. The van der Waals surface area contributed by atoms with E-state index in [4.69, 9.17) is 5.73 Å². The minimum atomic E-state index is 0.558. The van der Waals surface area contributed by atoms with Gasteiger partial charge in [-0.25, -0.2) is 4.98 Å². The maximum atomic E-state index is 5.85. The summed E-state index contributed by atoms with van der Waals surface area (Å²) in [6.45, 7) is 0. The molecule has 0 aliphatic rings. The van der Waals surface area contributed by atoms with Crippen LogP contribution in [0.3, 0.4) is 0 Å². The van der Waals surface area contributed by atoms with Crippen LogP contribution in [-0.2, 0) is 0 Å². The quantitative estimate of drug-likeness (QED) is 0.689. The number of fused-ring (bicyclic) bond motifs is 1. The Morgan fingerprint density at radius 2 is 2.06 bits per heavy atom. The van der Waals surface area contributed by atoms with E-state index < -0.39 is 0 Å². The zero-order chi connectivity index (χ0) is 12.5. The SMILES string of the molecule is CSc1cc(N)nc(-c2c[nH]c3ccccc23)c1. The Labute approximate surface area is 109 Å². The van der Waals surface area contributed by atoms with E-state index in [1.165, 1.54) is 5.39 Å². The Morgan fingerprint density at radius 1 is 1.22 bits per heavy atom. The number of pyridine rings is 1. The Bertz CT molecular complexity index is 703. The van der Waals surface area contributed by atoms with E-state index >= 15 is 0 Å². The number of H-pyrrole nitrogens is 1. The third-order valence-corrected chi connectivity index (χ3v) is 3.63. The molecule has 2 aromatic heterocycles. The van der Waals surface area contributed by atoms with Gasteiger partial charge in [-0.1, -0.05) is 18.2 Å². The summed E-state index contributed by atoms with van der Waals surface area (Å²) < 4.78 is 0. The second-order valence-corrected chi connectivity index (χ2v) is 4.94. The Hall–Kier alpha value is -1.94. The van der Waals surface area contributed by atoms with Crippen LogP contribution >= 0.6 is 11.8 Å². The molecule has 3 rings (SSSR count). The van der Waals surface area contributed by atoms with Gasteiger partial charge >= 0.3 is 0 Å². The second-order valence-electron chi connectivity index (χ2n) is 4.07. The maximum Gasteiger partial charge on any atom is 0.125 e. The van der Waals surface area contributed by atoms with Gasteiger partial charge in [-0.15, -0.1) is 11.8 Å². The molecule has 2 heterocycles. The van der Waals surface area contributed by atoms with Gasteiger partial charge < -0.3 is 10.7 Å². The van der Waals surface area contributed by atoms with Crippen molar-refractivity contribution in [3.05, 3.63) is 42.6 Å². The molecule has 3 N–H and O–H groups in total. The number of nitrogens with zero attached hydrogens (tertiary/aromatic N) is 1. The van der Waals surface area contributed by atoms with Crippen molar-refractivity contribution < 1.29 is 0 Å². The predicted octanol–water partition coefficient (Wildman–Crippen LogP) is 3.53. The van der Waals surface area contributed by atoms with Gasteiger partial charge in [0.15, 0.2) is 0 Å². The molecule has 1 aromatic carbocycles. The molecule has 3 aromatic rings. The molecule has 0 amide bonds. The zero-order valence-corrected chi connectivity index (χ0v) is 10.8. The smallest absolute Gasteiger partial charge is 0.125 e. The highest BCUT2D eigenvalue weighted by Crippen LogP contribution is 2.30. The molecule has 0 aliphatic carbocycles. The predicted molar refractivity (Wildman–Crippen MR) is 77.7 cm³/mol. The number of nitrogens with one attached hydrogen (secondary N) is 1. The van der Waals surface area contributed by atoms with Crippen molar-refractivity contribution in [1.29, 1.82) is 0 Å². The van der Waals surface area contributed by atoms with Crippen LogP contribution < -0.4 is 5.73 Å². The molecule has 4 heteroatoms. The molecule has 0 unspecified atom stereocenters. The van der Waals surface area contributed by atoms with Crippen LogP contribution in [0.5, 0.6) is 0 Å². The average molecular weight is 255 g/mol. The van der Waals surface area contributed by atoms with Crippen molar-refractivity contribution in [2.45, 2.75) is 4.90 Å². The van der Waals surface area contributed by atoms with Gasteiger partial charge in [-0.05, 0) is 24.5 Å². The first-order valence-corrected chi connectivity index (χ1v) is 6.88. The molecule has 18 heavy (non-hydrogen) atoms. The van der Waals surface area contributed by atoms with E-state index in [9.17, 15) is 0 Å². The molecule has 0 bridgehead atoms. The number of aromatic nitrogens is 2. The summed E-state index contributed by atoms with van der Waals surface area (Å²) in [5, 5.41) is 1.17. The molecule has 0 atom stereocenters. The van der Waals surface area contributed by atoms with Crippen molar-refractivity contribution in [3.63, 3.8) is 0 Å². The van der Waals surface area contributed by atoms with Crippen LogP contribution in [0.25, 0.3) is 22.2 Å². The fourth-order valence-electron chi connectivity index (χ4n) is 2.07. The van der Waals surface area contributed by atoms with Gasteiger partial charge in [0.1, 0.15) is 5.82 Å². The summed E-state index contributed by atoms with van der Waals surface area (Å²) in [6, 6.07) is 12.1. The van der Waals surface area contributed by atoms with Gasteiger partial charge in [0.05, 0.1) is 5.69 Å². The highest BCUT2D eigenvalue weighted by molar-refractivity contribution is 7.98. The number of nitrogen functional groups attached to an aromatic ring is 1. The lowest BCUT2D eigenvalue weighted by Crippen LogP contribution is -1.92.